The maximum atomic E-state index is 12.7. The van der Waals surface area contributed by atoms with E-state index in [1.165, 1.54) is 11.8 Å². The Morgan fingerprint density at radius 1 is 1.09 bits per heavy atom. The number of piperidine rings is 1. The molecule has 2 bridgehead atoms. The molecule has 2 aliphatic heterocycles. The van der Waals surface area contributed by atoms with Crippen molar-refractivity contribution in [2.24, 2.45) is 0 Å². The quantitative estimate of drug-likeness (QED) is 0.501. The van der Waals surface area contributed by atoms with E-state index in [1.54, 1.807) is 12.1 Å². The van der Waals surface area contributed by atoms with Gasteiger partial charge in [-0.2, -0.15) is 0 Å². The highest BCUT2D eigenvalue weighted by atomic mass is 32.2. The Morgan fingerprint density at radius 3 is 2.40 bits per heavy atom. The standard InChI is InChI=1S/C27H33N3O4S/c1-27(2,3)34-26(31)30-22-7-8-23(30)14-20(13-22)19-5-6-21(28-16-19)17-29-12-11-18-15-24(35(4,32)33)9-10-25(18)29/h5-6,9-12,15-16,20,22-23H,7-8,13-14,17H2,1-4H3. The van der Waals surface area contributed by atoms with Crippen molar-refractivity contribution in [3.8, 4) is 0 Å². The van der Waals surface area contributed by atoms with Gasteiger partial charge in [-0.05, 0) is 88.3 Å². The lowest BCUT2D eigenvalue weighted by Gasteiger charge is -2.39. The fourth-order valence-corrected chi connectivity index (χ4v) is 6.21. The minimum atomic E-state index is -3.23. The number of sulfone groups is 1. The van der Waals surface area contributed by atoms with Crippen molar-refractivity contribution < 1.29 is 17.9 Å². The molecule has 4 heterocycles. The van der Waals surface area contributed by atoms with Crippen molar-refractivity contribution in [3.05, 3.63) is 60.0 Å². The molecule has 0 spiro atoms. The SMILES string of the molecule is CC(C)(C)OC(=O)N1C2CCC1CC(c1ccc(Cn3ccc4cc(S(C)(=O)=O)ccc43)nc1)C2. The molecule has 2 aliphatic rings. The highest BCUT2D eigenvalue weighted by Gasteiger charge is 2.45. The van der Waals surface area contributed by atoms with Crippen LogP contribution in [0.15, 0.2) is 53.7 Å². The third-order valence-corrected chi connectivity index (χ3v) is 8.27. The van der Waals surface area contributed by atoms with Crippen LogP contribution in [0, 0.1) is 0 Å². The number of amides is 1. The van der Waals surface area contributed by atoms with Gasteiger partial charge >= 0.3 is 6.09 Å². The maximum Gasteiger partial charge on any atom is 0.410 e. The van der Waals surface area contributed by atoms with E-state index in [2.05, 4.69) is 16.7 Å². The number of hydrogen-bond donors (Lipinski definition) is 0. The molecular weight excluding hydrogens is 462 g/mol. The molecule has 8 heteroatoms. The van der Waals surface area contributed by atoms with Crippen molar-refractivity contribution in [2.75, 3.05) is 6.26 Å². The fraction of sp³-hybridized carbons (Fsp3) is 0.481. The Labute approximate surface area is 207 Å². The minimum absolute atomic E-state index is 0.181. The first-order valence-corrected chi connectivity index (χ1v) is 14.1. The summed E-state index contributed by atoms with van der Waals surface area (Å²) in [6, 6.07) is 11.9. The largest absolute Gasteiger partial charge is 0.444 e. The molecule has 2 aromatic heterocycles. The second kappa shape index (κ2) is 8.66. The highest BCUT2D eigenvalue weighted by molar-refractivity contribution is 7.90. The fourth-order valence-electron chi connectivity index (χ4n) is 5.55. The van der Waals surface area contributed by atoms with Crippen LogP contribution in [0.2, 0.25) is 0 Å². The number of benzene rings is 1. The van der Waals surface area contributed by atoms with Gasteiger partial charge < -0.3 is 14.2 Å². The maximum absolute atomic E-state index is 12.7. The van der Waals surface area contributed by atoms with E-state index >= 15 is 0 Å². The van der Waals surface area contributed by atoms with Crippen LogP contribution in [0.25, 0.3) is 10.9 Å². The predicted octanol–water partition coefficient (Wildman–Crippen LogP) is 5.13. The lowest BCUT2D eigenvalue weighted by Crippen LogP contribution is -2.48. The predicted molar refractivity (Wildman–Crippen MR) is 135 cm³/mol. The van der Waals surface area contributed by atoms with Gasteiger partial charge in [0.15, 0.2) is 9.84 Å². The van der Waals surface area contributed by atoms with Crippen molar-refractivity contribution in [1.82, 2.24) is 14.5 Å². The summed E-state index contributed by atoms with van der Waals surface area (Å²) in [7, 11) is -3.23. The van der Waals surface area contributed by atoms with E-state index in [9.17, 15) is 13.2 Å². The van der Waals surface area contributed by atoms with E-state index in [1.807, 2.05) is 50.2 Å². The van der Waals surface area contributed by atoms with Crippen LogP contribution >= 0.6 is 0 Å². The summed E-state index contributed by atoms with van der Waals surface area (Å²) < 4.78 is 31.4. The van der Waals surface area contributed by atoms with Crippen molar-refractivity contribution in [1.29, 1.82) is 0 Å². The Balaban J connectivity index is 1.27. The Kier molecular flexibility index (Phi) is 5.90. The first-order chi connectivity index (χ1) is 16.5. The zero-order valence-corrected chi connectivity index (χ0v) is 21.6. The third kappa shape index (κ3) is 4.94. The second-order valence-electron chi connectivity index (χ2n) is 11.0. The molecule has 3 aromatic rings. The monoisotopic (exact) mass is 495 g/mol. The molecule has 35 heavy (non-hydrogen) atoms. The number of hydrogen-bond acceptors (Lipinski definition) is 5. The highest BCUT2D eigenvalue weighted by Crippen LogP contribution is 2.43. The lowest BCUT2D eigenvalue weighted by molar-refractivity contribution is 0.00583. The molecule has 7 nitrogen and oxygen atoms in total. The molecule has 1 aromatic carbocycles. The zero-order chi connectivity index (χ0) is 25.0. The average Bonchev–Trinajstić information content (AvgIpc) is 3.29. The number of carbonyl (C=O) groups is 1. The first kappa shape index (κ1) is 23.9. The summed E-state index contributed by atoms with van der Waals surface area (Å²) in [4.78, 5) is 19.8. The molecule has 1 amide bonds. The van der Waals surface area contributed by atoms with Crippen LogP contribution < -0.4 is 0 Å². The number of nitrogens with zero attached hydrogens (tertiary/aromatic N) is 3. The number of carbonyl (C=O) groups excluding carboxylic acids is 1. The number of fused-ring (bicyclic) bond motifs is 3. The average molecular weight is 496 g/mol. The van der Waals surface area contributed by atoms with Crippen LogP contribution in [0.5, 0.6) is 0 Å². The molecule has 0 N–H and O–H groups in total. The molecule has 186 valence electrons. The molecule has 0 radical (unpaired) electrons. The van der Waals surface area contributed by atoms with Crippen molar-refractivity contribution >= 4 is 26.8 Å². The summed E-state index contributed by atoms with van der Waals surface area (Å²) in [6.45, 7) is 6.35. The van der Waals surface area contributed by atoms with E-state index in [0.29, 0.717) is 17.4 Å². The molecule has 2 saturated heterocycles. The van der Waals surface area contributed by atoms with Crippen molar-refractivity contribution in [3.63, 3.8) is 0 Å². The summed E-state index contributed by atoms with van der Waals surface area (Å²) in [6.07, 6.45) is 8.96. The minimum Gasteiger partial charge on any atom is -0.444 e. The van der Waals surface area contributed by atoms with Crippen LogP contribution in [0.1, 0.15) is 63.6 Å². The van der Waals surface area contributed by atoms with Crippen LogP contribution in [0.3, 0.4) is 0 Å². The van der Waals surface area contributed by atoms with Gasteiger partial charge in [0.1, 0.15) is 5.60 Å². The summed E-state index contributed by atoms with van der Waals surface area (Å²) in [5, 5.41) is 0.900. The summed E-state index contributed by atoms with van der Waals surface area (Å²) in [5.74, 6) is 0.398. The number of pyridine rings is 1. The number of rotatable bonds is 4. The van der Waals surface area contributed by atoms with Gasteiger partial charge in [-0.1, -0.05) is 6.07 Å². The Hall–Kier alpha value is -2.87. The van der Waals surface area contributed by atoms with Crippen LogP contribution in [0.4, 0.5) is 4.79 Å². The molecular formula is C27H33N3O4S. The Morgan fingerprint density at radius 2 is 1.80 bits per heavy atom. The molecule has 2 fully saturated rings. The van der Waals surface area contributed by atoms with E-state index in [-0.39, 0.29) is 18.2 Å². The molecule has 2 unspecified atom stereocenters. The van der Waals surface area contributed by atoms with Crippen LogP contribution in [-0.2, 0) is 21.1 Å². The van der Waals surface area contributed by atoms with Gasteiger partial charge in [-0.25, -0.2) is 13.2 Å². The van der Waals surface area contributed by atoms with E-state index < -0.39 is 15.4 Å². The lowest BCUT2D eigenvalue weighted by atomic mass is 9.86. The van der Waals surface area contributed by atoms with Gasteiger partial charge in [0.25, 0.3) is 0 Å². The summed E-state index contributed by atoms with van der Waals surface area (Å²) in [5.41, 5.74) is 2.68. The third-order valence-electron chi connectivity index (χ3n) is 7.16. The van der Waals surface area contributed by atoms with E-state index in [4.69, 9.17) is 9.72 Å². The van der Waals surface area contributed by atoms with Gasteiger partial charge in [0.2, 0.25) is 0 Å². The number of ether oxygens (including phenoxy) is 1. The van der Waals surface area contributed by atoms with Crippen LogP contribution in [-0.4, -0.2) is 52.9 Å². The summed E-state index contributed by atoms with van der Waals surface area (Å²) >= 11 is 0. The van der Waals surface area contributed by atoms with E-state index in [0.717, 1.165) is 42.3 Å². The second-order valence-corrected chi connectivity index (χ2v) is 13.0. The Bertz CT molecular complexity index is 1340. The molecule has 0 aliphatic carbocycles. The van der Waals surface area contributed by atoms with Gasteiger partial charge in [-0.15, -0.1) is 0 Å². The smallest absolute Gasteiger partial charge is 0.410 e. The zero-order valence-electron chi connectivity index (χ0n) is 20.8. The van der Waals surface area contributed by atoms with Gasteiger partial charge in [0, 0.05) is 41.6 Å². The molecule has 0 saturated carbocycles. The first-order valence-electron chi connectivity index (χ1n) is 12.2. The molecule has 5 rings (SSSR count). The normalized spacial score (nSPS) is 22.5. The number of aromatic nitrogens is 2. The van der Waals surface area contributed by atoms with Gasteiger partial charge in [0.05, 0.1) is 17.1 Å². The van der Waals surface area contributed by atoms with Gasteiger partial charge in [-0.3, -0.25) is 4.98 Å². The molecule has 2 atom stereocenters. The topological polar surface area (TPSA) is 81.5 Å². The van der Waals surface area contributed by atoms with Crippen molar-refractivity contribution in [2.45, 2.75) is 81.5 Å².